The van der Waals surface area contributed by atoms with E-state index in [1.165, 1.54) is 60.0 Å². The Hall–Kier alpha value is -6.19. The maximum Gasteiger partial charge on any atom is 0.136 e. The molecular weight excluding hydrogens is 572 g/mol. The molecule has 0 atom stereocenters. The first-order chi connectivity index (χ1) is 23.3. The number of nitrogens with zero attached hydrogens (tertiary/aromatic N) is 1. The van der Waals surface area contributed by atoms with Gasteiger partial charge < -0.3 is 9.73 Å². The molecule has 0 saturated carbocycles. The average Bonchev–Trinajstić information content (AvgIpc) is 3.50. The van der Waals surface area contributed by atoms with Gasteiger partial charge in [0.1, 0.15) is 11.2 Å². The van der Waals surface area contributed by atoms with Crippen molar-refractivity contribution in [1.82, 2.24) is 0 Å². The summed E-state index contributed by atoms with van der Waals surface area (Å²) in [4.78, 5) is 4.52. The third-order valence-electron chi connectivity index (χ3n) is 9.21. The molecule has 0 saturated heterocycles. The minimum Gasteiger partial charge on any atom is -0.456 e. The van der Waals surface area contributed by atoms with E-state index in [0.717, 1.165) is 33.6 Å². The van der Waals surface area contributed by atoms with Crippen molar-refractivity contribution in [2.75, 3.05) is 5.32 Å². The first-order valence-corrected chi connectivity index (χ1v) is 16.0. The third-order valence-corrected chi connectivity index (χ3v) is 9.21. The van der Waals surface area contributed by atoms with E-state index in [-0.39, 0.29) is 0 Å². The summed E-state index contributed by atoms with van der Waals surface area (Å²) in [5.74, 6) is 0. The summed E-state index contributed by atoms with van der Waals surface area (Å²) in [6.45, 7) is 1.94. The molecule has 1 heterocycles. The standard InChI is InChI=1S/C44H30N2O/c1-2-45-38-20-10-11-21-39(38)46-29-25-23-28(24-26-29)42-32-15-5-7-17-34(32)43(35-18-8-6-16-33(35)42)37-27-41-44(31-14-4-3-13-30(31)37)36-19-9-12-22-40(36)47-41/h2-27,46H,1H3. The van der Waals surface area contributed by atoms with E-state index in [4.69, 9.17) is 4.42 Å². The summed E-state index contributed by atoms with van der Waals surface area (Å²) in [5.41, 5.74) is 9.55. The molecule has 8 aromatic carbocycles. The van der Waals surface area contributed by atoms with E-state index < -0.39 is 0 Å². The zero-order valence-corrected chi connectivity index (χ0v) is 25.9. The normalized spacial score (nSPS) is 11.9. The van der Waals surface area contributed by atoms with Gasteiger partial charge in [-0.05, 0) is 97.9 Å². The molecule has 3 heteroatoms. The van der Waals surface area contributed by atoms with Gasteiger partial charge in [0.2, 0.25) is 0 Å². The van der Waals surface area contributed by atoms with Crippen LogP contribution in [0.1, 0.15) is 6.92 Å². The van der Waals surface area contributed by atoms with Gasteiger partial charge in [-0.15, -0.1) is 0 Å². The van der Waals surface area contributed by atoms with Crippen LogP contribution < -0.4 is 5.32 Å². The van der Waals surface area contributed by atoms with Gasteiger partial charge in [-0.2, -0.15) is 0 Å². The number of furan rings is 1. The van der Waals surface area contributed by atoms with Gasteiger partial charge in [-0.1, -0.05) is 115 Å². The van der Waals surface area contributed by atoms with E-state index >= 15 is 0 Å². The maximum atomic E-state index is 6.50. The molecule has 0 unspecified atom stereocenters. The molecule has 0 spiro atoms. The highest BCUT2D eigenvalue weighted by Gasteiger charge is 2.20. The van der Waals surface area contributed by atoms with E-state index in [2.05, 4.69) is 138 Å². The monoisotopic (exact) mass is 602 g/mol. The number of hydrogen-bond acceptors (Lipinski definition) is 3. The van der Waals surface area contributed by atoms with Crippen LogP contribution in [0.2, 0.25) is 0 Å². The van der Waals surface area contributed by atoms with Crippen molar-refractivity contribution in [3.8, 4) is 22.3 Å². The number of rotatable bonds is 5. The van der Waals surface area contributed by atoms with Crippen LogP contribution in [-0.4, -0.2) is 6.21 Å². The summed E-state index contributed by atoms with van der Waals surface area (Å²) in [5, 5.41) is 13.2. The summed E-state index contributed by atoms with van der Waals surface area (Å²) in [6, 6.07) is 53.8. The topological polar surface area (TPSA) is 37.5 Å². The molecule has 0 aliphatic rings. The molecule has 1 aromatic heterocycles. The molecule has 47 heavy (non-hydrogen) atoms. The first-order valence-electron chi connectivity index (χ1n) is 16.0. The lowest BCUT2D eigenvalue weighted by atomic mass is 9.84. The molecule has 0 aliphatic heterocycles. The number of nitrogens with one attached hydrogen (secondary N) is 1. The van der Waals surface area contributed by atoms with Crippen LogP contribution in [0.4, 0.5) is 17.1 Å². The van der Waals surface area contributed by atoms with E-state index in [1.807, 2.05) is 37.4 Å². The highest BCUT2D eigenvalue weighted by Crippen LogP contribution is 2.47. The molecule has 0 aliphatic carbocycles. The van der Waals surface area contributed by atoms with Gasteiger partial charge in [0.25, 0.3) is 0 Å². The lowest BCUT2D eigenvalue weighted by Gasteiger charge is -2.19. The Kier molecular flexibility index (Phi) is 6.36. The second-order valence-corrected chi connectivity index (χ2v) is 11.9. The average molecular weight is 603 g/mol. The summed E-state index contributed by atoms with van der Waals surface area (Å²) >= 11 is 0. The molecule has 0 fully saturated rings. The van der Waals surface area contributed by atoms with Crippen molar-refractivity contribution in [3.63, 3.8) is 0 Å². The lowest BCUT2D eigenvalue weighted by molar-refractivity contribution is 0.669. The largest absolute Gasteiger partial charge is 0.456 e. The van der Waals surface area contributed by atoms with Crippen LogP contribution in [0.15, 0.2) is 161 Å². The molecule has 1 N–H and O–H groups in total. The zero-order valence-electron chi connectivity index (χ0n) is 25.9. The Bertz CT molecular complexity index is 2610. The molecule has 0 bridgehead atoms. The predicted octanol–water partition coefficient (Wildman–Crippen LogP) is 12.8. The number of anilines is 2. The van der Waals surface area contributed by atoms with Crippen molar-refractivity contribution < 1.29 is 4.42 Å². The second kappa shape index (κ2) is 11.0. The zero-order chi connectivity index (χ0) is 31.3. The number of aliphatic imine (C=N–C) groups is 1. The minimum absolute atomic E-state index is 0.909. The van der Waals surface area contributed by atoms with E-state index in [1.54, 1.807) is 0 Å². The van der Waals surface area contributed by atoms with Crippen LogP contribution in [0.25, 0.3) is 76.5 Å². The summed E-state index contributed by atoms with van der Waals surface area (Å²) < 4.78 is 6.50. The van der Waals surface area contributed by atoms with Gasteiger partial charge in [0.15, 0.2) is 0 Å². The number of hydrogen-bond donors (Lipinski definition) is 1. The molecule has 222 valence electrons. The van der Waals surface area contributed by atoms with Crippen LogP contribution in [0.3, 0.4) is 0 Å². The van der Waals surface area contributed by atoms with Crippen molar-refractivity contribution in [3.05, 3.63) is 152 Å². The Morgan fingerprint density at radius 1 is 0.511 bits per heavy atom. The smallest absolute Gasteiger partial charge is 0.136 e. The van der Waals surface area contributed by atoms with Crippen LogP contribution in [0, 0.1) is 0 Å². The summed E-state index contributed by atoms with van der Waals surface area (Å²) in [7, 11) is 0. The maximum absolute atomic E-state index is 6.50. The molecular formula is C44H30N2O. The van der Waals surface area contributed by atoms with E-state index in [9.17, 15) is 0 Å². The number of benzene rings is 8. The fourth-order valence-electron chi connectivity index (χ4n) is 7.23. The molecule has 0 radical (unpaired) electrons. The fourth-order valence-corrected chi connectivity index (χ4v) is 7.23. The Morgan fingerprint density at radius 2 is 1.06 bits per heavy atom. The quantitative estimate of drug-likeness (QED) is 0.157. The van der Waals surface area contributed by atoms with Crippen LogP contribution in [-0.2, 0) is 0 Å². The third kappa shape index (κ3) is 4.39. The molecule has 3 nitrogen and oxygen atoms in total. The van der Waals surface area contributed by atoms with Gasteiger partial charge >= 0.3 is 0 Å². The number of fused-ring (bicyclic) bond motifs is 7. The van der Waals surface area contributed by atoms with Gasteiger partial charge in [-0.3, -0.25) is 4.99 Å². The second-order valence-electron chi connectivity index (χ2n) is 11.9. The highest BCUT2D eigenvalue weighted by atomic mass is 16.3. The number of para-hydroxylation sites is 3. The van der Waals surface area contributed by atoms with Crippen molar-refractivity contribution in [1.29, 1.82) is 0 Å². The van der Waals surface area contributed by atoms with Gasteiger partial charge in [0, 0.05) is 22.7 Å². The first kappa shape index (κ1) is 27.1. The van der Waals surface area contributed by atoms with Crippen molar-refractivity contribution >= 4 is 77.5 Å². The van der Waals surface area contributed by atoms with E-state index in [0.29, 0.717) is 0 Å². The van der Waals surface area contributed by atoms with Gasteiger partial charge in [-0.25, -0.2) is 0 Å². The fraction of sp³-hybridized carbons (Fsp3) is 0.0227. The molecule has 0 amide bonds. The van der Waals surface area contributed by atoms with Crippen LogP contribution >= 0.6 is 0 Å². The highest BCUT2D eigenvalue weighted by molar-refractivity contribution is 6.27. The summed E-state index contributed by atoms with van der Waals surface area (Å²) in [6.07, 6.45) is 1.82. The predicted molar refractivity (Wildman–Crippen MR) is 201 cm³/mol. The van der Waals surface area contributed by atoms with Crippen molar-refractivity contribution in [2.24, 2.45) is 4.99 Å². The molecule has 9 aromatic rings. The lowest BCUT2D eigenvalue weighted by Crippen LogP contribution is -1.93. The minimum atomic E-state index is 0.909. The SMILES string of the molecule is CC=Nc1ccccc1Nc1ccc(-c2c3ccccc3c(-c3cc4oc5ccccc5c4c4ccccc34)c3ccccc23)cc1. The van der Waals surface area contributed by atoms with Crippen molar-refractivity contribution in [2.45, 2.75) is 6.92 Å². The molecule has 9 rings (SSSR count). The van der Waals surface area contributed by atoms with Gasteiger partial charge in [0.05, 0.1) is 11.4 Å². The van der Waals surface area contributed by atoms with Crippen LogP contribution in [0.5, 0.6) is 0 Å². The Labute approximate surface area is 272 Å². The Balaban J connectivity index is 1.27. The Morgan fingerprint density at radius 3 is 1.74 bits per heavy atom.